The SMILES string of the molecule is CNC(=O)c1c(N)cccc1C=O. The average molecular weight is 178 g/mol. The molecule has 1 aromatic rings. The van der Waals surface area contributed by atoms with E-state index in [1.54, 1.807) is 18.2 Å². The highest BCUT2D eigenvalue weighted by Gasteiger charge is 2.12. The molecular formula is C9H10N2O2. The zero-order valence-electron chi connectivity index (χ0n) is 7.20. The van der Waals surface area contributed by atoms with E-state index in [2.05, 4.69) is 5.32 Å². The molecule has 1 aromatic carbocycles. The molecule has 1 rings (SSSR count). The second-order valence-electron chi connectivity index (χ2n) is 2.51. The summed E-state index contributed by atoms with van der Waals surface area (Å²) < 4.78 is 0. The summed E-state index contributed by atoms with van der Waals surface area (Å²) in [6.07, 6.45) is 0.612. The summed E-state index contributed by atoms with van der Waals surface area (Å²) >= 11 is 0. The fourth-order valence-corrected chi connectivity index (χ4v) is 1.07. The maximum atomic E-state index is 11.3. The molecule has 0 radical (unpaired) electrons. The van der Waals surface area contributed by atoms with Gasteiger partial charge in [-0.2, -0.15) is 0 Å². The number of aldehydes is 1. The Balaban J connectivity index is 3.30. The monoisotopic (exact) mass is 178 g/mol. The third-order valence-corrected chi connectivity index (χ3v) is 1.71. The number of carbonyl (C=O) groups is 2. The molecule has 0 bridgehead atoms. The summed E-state index contributed by atoms with van der Waals surface area (Å²) in [6.45, 7) is 0. The van der Waals surface area contributed by atoms with Gasteiger partial charge in [-0.25, -0.2) is 0 Å². The van der Waals surface area contributed by atoms with Gasteiger partial charge in [0, 0.05) is 18.3 Å². The Bertz CT molecular complexity index is 347. The highest BCUT2D eigenvalue weighted by molar-refractivity contribution is 6.05. The molecule has 0 aliphatic rings. The Hall–Kier alpha value is -1.84. The van der Waals surface area contributed by atoms with Crippen LogP contribution in [0.1, 0.15) is 20.7 Å². The lowest BCUT2D eigenvalue weighted by Crippen LogP contribution is -2.21. The quantitative estimate of drug-likeness (QED) is 0.510. The largest absolute Gasteiger partial charge is 0.398 e. The van der Waals surface area contributed by atoms with Crippen molar-refractivity contribution in [2.75, 3.05) is 12.8 Å². The number of hydrogen-bond acceptors (Lipinski definition) is 3. The van der Waals surface area contributed by atoms with E-state index in [0.29, 0.717) is 17.5 Å². The molecule has 0 unspecified atom stereocenters. The molecule has 0 fully saturated rings. The molecule has 68 valence electrons. The summed E-state index contributed by atoms with van der Waals surface area (Å²) in [5, 5.41) is 2.42. The Morgan fingerprint density at radius 1 is 1.54 bits per heavy atom. The topological polar surface area (TPSA) is 72.2 Å². The molecule has 3 N–H and O–H groups in total. The van der Waals surface area contributed by atoms with Gasteiger partial charge in [-0.05, 0) is 6.07 Å². The fourth-order valence-electron chi connectivity index (χ4n) is 1.07. The van der Waals surface area contributed by atoms with Crippen molar-refractivity contribution in [3.8, 4) is 0 Å². The number of nitrogens with one attached hydrogen (secondary N) is 1. The van der Waals surface area contributed by atoms with Gasteiger partial charge >= 0.3 is 0 Å². The summed E-state index contributed by atoms with van der Waals surface area (Å²) in [6, 6.07) is 4.76. The first-order valence-electron chi connectivity index (χ1n) is 3.76. The first-order valence-corrected chi connectivity index (χ1v) is 3.76. The van der Waals surface area contributed by atoms with Crippen molar-refractivity contribution in [3.63, 3.8) is 0 Å². The molecule has 4 nitrogen and oxygen atoms in total. The highest BCUT2D eigenvalue weighted by Crippen LogP contribution is 2.14. The molecule has 0 aromatic heterocycles. The lowest BCUT2D eigenvalue weighted by atomic mass is 10.1. The van der Waals surface area contributed by atoms with Crippen molar-refractivity contribution in [1.82, 2.24) is 5.32 Å². The molecule has 0 heterocycles. The fraction of sp³-hybridized carbons (Fsp3) is 0.111. The second kappa shape index (κ2) is 3.71. The Kier molecular flexibility index (Phi) is 2.64. The molecule has 0 spiro atoms. The van der Waals surface area contributed by atoms with Crippen LogP contribution in [0.25, 0.3) is 0 Å². The molecule has 0 saturated carbocycles. The van der Waals surface area contributed by atoms with Crippen molar-refractivity contribution in [1.29, 1.82) is 0 Å². The van der Waals surface area contributed by atoms with Crippen LogP contribution < -0.4 is 11.1 Å². The van der Waals surface area contributed by atoms with Crippen molar-refractivity contribution in [2.45, 2.75) is 0 Å². The number of hydrogen-bond donors (Lipinski definition) is 2. The first-order chi connectivity index (χ1) is 6.20. The number of nitrogens with two attached hydrogens (primary N) is 1. The predicted octanol–water partition coefficient (Wildman–Crippen LogP) is 0.441. The maximum absolute atomic E-state index is 11.3. The minimum absolute atomic E-state index is 0.236. The molecule has 0 aliphatic carbocycles. The lowest BCUT2D eigenvalue weighted by molar-refractivity contribution is 0.0958. The van der Waals surface area contributed by atoms with Crippen LogP contribution in [0.3, 0.4) is 0 Å². The van der Waals surface area contributed by atoms with E-state index < -0.39 is 0 Å². The molecule has 0 saturated heterocycles. The first kappa shape index (κ1) is 9.25. The number of amides is 1. The van der Waals surface area contributed by atoms with Crippen LogP contribution in [0.4, 0.5) is 5.69 Å². The van der Waals surface area contributed by atoms with E-state index in [4.69, 9.17) is 5.73 Å². The molecule has 4 heteroatoms. The number of rotatable bonds is 2. The zero-order valence-corrected chi connectivity index (χ0v) is 7.20. The Labute approximate surface area is 75.7 Å². The van der Waals surface area contributed by atoms with E-state index in [1.807, 2.05) is 0 Å². The number of carbonyl (C=O) groups excluding carboxylic acids is 2. The van der Waals surface area contributed by atoms with Gasteiger partial charge in [0.2, 0.25) is 0 Å². The van der Waals surface area contributed by atoms with Crippen LogP contribution in [0.2, 0.25) is 0 Å². The van der Waals surface area contributed by atoms with Crippen molar-refractivity contribution in [2.24, 2.45) is 0 Å². The van der Waals surface area contributed by atoms with Crippen LogP contribution in [-0.2, 0) is 0 Å². The average Bonchev–Trinajstić information content (AvgIpc) is 2.16. The van der Waals surface area contributed by atoms with Crippen molar-refractivity contribution >= 4 is 17.9 Å². The summed E-state index contributed by atoms with van der Waals surface area (Å²) in [4.78, 5) is 21.8. The van der Waals surface area contributed by atoms with E-state index in [0.717, 1.165) is 0 Å². The third-order valence-electron chi connectivity index (χ3n) is 1.71. The molecule has 1 amide bonds. The summed E-state index contributed by atoms with van der Waals surface area (Å²) in [5.74, 6) is -0.347. The van der Waals surface area contributed by atoms with Crippen LogP contribution in [0.15, 0.2) is 18.2 Å². The van der Waals surface area contributed by atoms with Crippen molar-refractivity contribution in [3.05, 3.63) is 29.3 Å². The highest BCUT2D eigenvalue weighted by atomic mass is 16.1. The Morgan fingerprint density at radius 3 is 2.77 bits per heavy atom. The summed E-state index contributed by atoms with van der Waals surface area (Å²) in [7, 11) is 1.49. The molecule has 13 heavy (non-hydrogen) atoms. The number of anilines is 1. The van der Waals surface area contributed by atoms with Gasteiger partial charge in [-0.3, -0.25) is 9.59 Å². The van der Waals surface area contributed by atoms with E-state index in [9.17, 15) is 9.59 Å². The zero-order chi connectivity index (χ0) is 9.84. The van der Waals surface area contributed by atoms with Crippen LogP contribution >= 0.6 is 0 Å². The second-order valence-corrected chi connectivity index (χ2v) is 2.51. The van der Waals surface area contributed by atoms with Crippen LogP contribution in [-0.4, -0.2) is 19.2 Å². The normalized spacial score (nSPS) is 9.31. The van der Waals surface area contributed by atoms with Gasteiger partial charge in [-0.1, -0.05) is 12.1 Å². The smallest absolute Gasteiger partial charge is 0.253 e. The third kappa shape index (κ3) is 1.66. The van der Waals surface area contributed by atoms with Gasteiger partial charge in [0.25, 0.3) is 5.91 Å². The van der Waals surface area contributed by atoms with Gasteiger partial charge in [0.1, 0.15) is 0 Å². The summed E-state index contributed by atoms with van der Waals surface area (Å²) in [5.41, 5.74) is 6.40. The van der Waals surface area contributed by atoms with Gasteiger partial charge in [0.05, 0.1) is 5.56 Å². The Morgan fingerprint density at radius 2 is 2.23 bits per heavy atom. The maximum Gasteiger partial charge on any atom is 0.253 e. The number of nitrogen functional groups attached to an aromatic ring is 1. The van der Waals surface area contributed by atoms with Crippen molar-refractivity contribution < 1.29 is 9.59 Å². The van der Waals surface area contributed by atoms with Crippen LogP contribution in [0, 0.1) is 0 Å². The van der Waals surface area contributed by atoms with Gasteiger partial charge in [0.15, 0.2) is 6.29 Å². The predicted molar refractivity (Wildman–Crippen MR) is 49.6 cm³/mol. The van der Waals surface area contributed by atoms with E-state index >= 15 is 0 Å². The lowest BCUT2D eigenvalue weighted by Gasteiger charge is -2.05. The van der Waals surface area contributed by atoms with E-state index in [-0.39, 0.29) is 11.5 Å². The minimum atomic E-state index is -0.347. The number of benzene rings is 1. The molecule has 0 atom stereocenters. The molecular weight excluding hydrogens is 168 g/mol. The van der Waals surface area contributed by atoms with Gasteiger partial charge in [-0.15, -0.1) is 0 Å². The van der Waals surface area contributed by atoms with Crippen LogP contribution in [0.5, 0.6) is 0 Å². The molecule has 0 aliphatic heterocycles. The minimum Gasteiger partial charge on any atom is -0.398 e. The van der Waals surface area contributed by atoms with Gasteiger partial charge < -0.3 is 11.1 Å². The van der Waals surface area contributed by atoms with E-state index in [1.165, 1.54) is 7.05 Å². The standard InChI is InChI=1S/C9H10N2O2/c1-11-9(13)8-6(5-12)3-2-4-7(8)10/h2-5H,10H2,1H3,(H,11,13).